The van der Waals surface area contributed by atoms with Crippen molar-refractivity contribution < 1.29 is 4.42 Å². The Hall–Kier alpha value is -1.06. The molecule has 0 bridgehead atoms. The zero-order valence-corrected chi connectivity index (χ0v) is 12.1. The lowest BCUT2D eigenvalue weighted by molar-refractivity contribution is 0.431. The molecule has 0 aromatic carbocycles. The lowest BCUT2D eigenvalue weighted by Gasteiger charge is -2.11. The maximum Gasteiger partial charge on any atom is 0.117 e. The fraction of sp³-hybridized carbons (Fsp3) is 0.467. The lowest BCUT2D eigenvalue weighted by atomic mass is 10.2. The van der Waals surface area contributed by atoms with Crippen molar-refractivity contribution in [3.05, 3.63) is 45.5 Å². The van der Waals surface area contributed by atoms with Crippen molar-refractivity contribution >= 4 is 11.3 Å². The summed E-state index contributed by atoms with van der Waals surface area (Å²) in [6, 6.07) is 9.00. The minimum Gasteiger partial charge on any atom is -0.465 e. The van der Waals surface area contributed by atoms with Gasteiger partial charge in [-0.3, -0.25) is 0 Å². The molecule has 1 N–H and O–H groups in total. The standard InChI is InChI=1S/C15H21NOS/c1-4-13-6-7-14(17-13)10-16-11(2)9-15-8-5-12(3)18-15/h5-8,11,16H,4,9-10H2,1-3H3. The van der Waals surface area contributed by atoms with Crippen LogP contribution >= 0.6 is 11.3 Å². The Kier molecular flexibility index (Phi) is 4.61. The van der Waals surface area contributed by atoms with E-state index in [1.54, 1.807) is 0 Å². The molecule has 0 fully saturated rings. The van der Waals surface area contributed by atoms with Gasteiger partial charge in [-0.2, -0.15) is 0 Å². The van der Waals surface area contributed by atoms with E-state index in [0.717, 1.165) is 30.9 Å². The van der Waals surface area contributed by atoms with Gasteiger partial charge in [-0.1, -0.05) is 6.92 Å². The highest BCUT2D eigenvalue weighted by Crippen LogP contribution is 2.17. The van der Waals surface area contributed by atoms with Crippen molar-refractivity contribution in [3.8, 4) is 0 Å². The Morgan fingerprint density at radius 2 is 2.00 bits per heavy atom. The summed E-state index contributed by atoms with van der Waals surface area (Å²) in [4.78, 5) is 2.83. The molecular formula is C15H21NOS. The second-order valence-electron chi connectivity index (χ2n) is 4.72. The van der Waals surface area contributed by atoms with Crippen molar-refractivity contribution in [2.45, 2.75) is 46.2 Å². The van der Waals surface area contributed by atoms with Gasteiger partial charge in [0.15, 0.2) is 0 Å². The topological polar surface area (TPSA) is 25.2 Å². The first-order chi connectivity index (χ1) is 8.67. The SMILES string of the molecule is CCc1ccc(CNC(C)Cc2ccc(C)s2)o1. The van der Waals surface area contributed by atoms with E-state index in [0.29, 0.717) is 6.04 Å². The Morgan fingerprint density at radius 3 is 2.61 bits per heavy atom. The summed E-state index contributed by atoms with van der Waals surface area (Å²) in [7, 11) is 0. The van der Waals surface area contributed by atoms with Crippen LogP contribution < -0.4 is 5.32 Å². The molecule has 0 spiro atoms. The zero-order chi connectivity index (χ0) is 13.0. The summed E-state index contributed by atoms with van der Waals surface area (Å²) >= 11 is 1.88. The molecule has 2 rings (SSSR count). The molecule has 0 aliphatic heterocycles. The third-order valence-corrected chi connectivity index (χ3v) is 4.02. The Balaban J connectivity index is 1.79. The van der Waals surface area contributed by atoms with Gasteiger partial charge in [-0.05, 0) is 44.5 Å². The number of rotatable bonds is 6. The van der Waals surface area contributed by atoms with Gasteiger partial charge in [-0.25, -0.2) is 0 Å². The highest BCUT2D eigenvalue weighted by Gasteiger charge is 2.06. The van der Waals surface area contributed by atoms with Crippen LogP contribution in [-0.4, -0.2) is 6.04 Å². The molecule has 2 aromatic heterocycles. The van der Waals surface area contributed by atoms with Crippen molar-refractivity contribution in [1.29, 1.82) is 0 Å². The van der Waals surface area contributed by atoms with Crippen LogP contribution in [0.5, 0.6) is 0 Å². The van der Waals surface area contributed by atoms with E-state index in [2.05, 4.69) is 50.4 Å². The summed E-state index contributed by atoms with van der Waals surface area (Å²) in [5.74, 6) is 2.09. The molecule has 2 aromatic rings. The Bertz CT molecular complexity index is 486. The number of hydrogen-bond acceptors (Lipinski definition) is 3. The smallest absolute Gasteiger partial charge is 0.117 e. The van der Waals surface area contributed by atoms with Gasteiger partial charge < -0.3 is 9.73 Å². The van der Waals surface area contributed by atoms with E-state index in [1.807, 2.05) is 11.3 Å². The number of nitrogens with one attached hydrogen (secondary N) is 1. The quantitative estimate of drug-likeness (QED) is 0.854. The van der Waals surface area contributed by atoms with Gasteiger partial charge in [0.25, 0.3) is 0 Å². The molecule has 0 saturated heterocycles. The van der Waals surface area contributed by atoms with Gasteiger partial charge in [0.2, 0.25) is 0 Å². The minimum atomic E-state index is 0.471. The van der Waals surface area contributed by atoms with Crippen molar-refractivity contribution in [1.82, 2.24) is 5.32 Å². The van der Waals surface area contributed by atoms with Crippen molar-refractivity contribution in [2.75, 3.05) is 0 Å². The summed E-state index contributed by atoms with van der Waals surface area (Å²) in [5, 5.41) is 3.51. The number of furan rings is 1. The number of hydrogen-bond donors (Lipinski definition) is 1. The normalized spacial score (nSPS) is 12.8. The van der Waals surface area contributed by atoms with Gasteiger partial charge in [0.1, 0.15) is 11.5 Å². The second-order valence-corrected chi connectivity index (χ2v) is 6.09. The molecule has 2 heterocycles. The maximum atomic E-state index is 5.68. The monoisotopic (exact) mass is 263 g/mol. The van der Waals surface area contributed by atoms with Crippen LogP contribution in [0.3, 0.4) is 0 Å². The van der Waals surface area contributed by atoms with Crippen molar-refractivity contribution in [2.24, 2.45) is 0 Å². The van der Waals surface area contributed by atoms with E-state index in [1.165, 1.54) is 9.75 Å². The number of thiophene rings is 1. The minimum absolute atomic E-state index is 0.471. The molecule has 1 unspecified atom stereocenters. The van der Waals surface area contributed by atoms with Crippen molar-refractivity contribution in [3.63, 3.8) is 0 Å². The second kappa shape index (κ2) is 6.21. The van der Waals surface area contributed by atoms with E-state index in [9.17, 15) is 0 Å². The molecule has 1 atom stereocenters. The summed E-state index contributed by atoms with van der Waals surface area (Å²) in [6.07, 6.45) is 2.05. The largest absolute Gasteiger partial charge is 0.465 e. The first kappa shape index (κ1) is 13.4. The molecule has 2 nitrogen and oxygen atoms in total. The Labute approximate surface area is 113 Å². The lowest BCUT2D eigenvalue weighted by Crippen LogP contribution is -2.27. The molecule has 98 valence electrons. The average molecular weight is 263 g/mol. The van der Waals surface area contributed by atoms with Crippen LogP contribution in [0.4, 0.5) is 0 Å². The third kappa shape index (κ3) is 3.72. The average Bonchev–Trinajstić information content (AvgIpc) is 2.95. The molecule has 0 saturated carbocycles. The first-order valence-electron chi connectivity index (χ1n) is 6.53. The van der Waals surface area contributed by atoms with Gasteiger partial charge in [-0.15, -0.1) is 11.3 Å². The highest BCUT2D eigenvalue weighted by molar-refractivity contribution is 7.11. The van der Waals surface area contributed by atoms with Crippen LogP contribution in [0.25, 0.3) is 0 Å². The zero-order valence-electron chi connectivity index (χ0n) is 11.3. The van der Waals surface area contributed by atoms with Gasteiger partial charge in [0, 0.05) is 22.2 Å². The fourth-order valence-electron chi connectivity index (χ4n) is 1.95. The van der Waals surface area contributed by atoms with Crippen LogP contribution in [0.1, 0.15) is 35.1 Å². The van der Waals surface area contributed by atoms with E-state index in [-0.39, 0.29) is 0 Å². The molecular weight excluding hydrogens is 242 g/mol. The molecule has 0 amide bonds. The van der Waals surface area contributed by atoms with Gasteiger partial charge >= 0.3 is 0 Å². The van der Waals surface area contributed by atoms with Crippen LogP contribution in [0.15, 0.2) is 28.7 Å². The molecule has 18 heavy (non-hydrogen) atoms. The predicted molar refractivity (Wildman–Crippen MR) is 77.1 cm³/mol. The summed E-state index contributed by atoms with van der Waals surface area (Å²) in [5.41, 5.74) is 0. The fourth-order valence-corrected chi connectivity index (χ4v) is 2.97. The van der Waals surface area contributed by atoms with Crippen LogP contribution in [0, 0.1) is 6.92 Å². The molecule has 3 heteroatoms. The van der Waals surface area contributed by atoms with E-state index >= 15 is 0 Å². The third-order valence-electron chi connectivity index (χ3n) is 2.99. The molecule has 0 radical (unpaired) electrons. The maximum absolute atomic E-state index is 5.68. The first-order valence-corrected chi connectivity index (χ1v) is 7.35. The van der Waals surface area contributed by atoms with Gasteiger partial charge in [0.05, 0.1) is 6.54 Å². The Morgan fingerprint density at radius 1 is 1.22 bits per heavy atom. The van der Waals surface area contributed by atoms with Crippen LogP contribution in [0.2, 0.25) is 0 Å². The molecule has 0 aliphatic carbocycles. The van der Waals surface area contributed by atoms with E-state index in [4.69, 9.17) is 4.42 Å². The van der Waals surface area contributed by atoms with E-state index < -0.39 is 0 Å². The predicted octanol–water partition coefficient (Wildman–Crippen LogP) is 3.93. The molecule has 0 aliphatic rings. The number of aryl methyl sites for hydroxylation is 2. The summed E-state index contributed by atoms with van der Waals surface area (Å²) < 4.78 is 5.68. The highest BCUT2D eigenvalue weighted by atomic mass is 32.1. The van der Waals surface area contributed by atoms with Crippen LogP contribution in [-0.2, 0) is 19.4 Å². The summed E-state index contributed by atoms with van der Waals surface area (Å²) in [6.45, 7) is 7.30.